The molecule has 1 unspecified atom stereocenters. The molecule has 0 saturated carbocycles. The molecule has 21 heavy (non-hydrogen) atoms. The second kappa shape index (κ2) is 10.6. The molecule has 0 aliphatic rings. The first-order valence-corrected chi connectivity index (χ1v) is 7.92. The Bertz CT molecular complexity index is 385. The minimum atomic E-state index is -2.78. The van der Waals surface area contributed by atoms with Crippen LogP contribution in [0.15, 0.2) is 24.3 Å². The number of hydrogen-bond donors (Lipinski definition) is 1. The summed E-state index contributed by atoms with van der Waals surface area (Å²) in [7, 11) is 0. The molecule has 0 amide bonds. The van der Waals surface area contributed by atoms with Crippen LogP contribution in [0.4, 0.5) is 8.78 Å². The summed E-state index contributed by atoms with van der Waals surface area (Å²) in [6.07, 6.45) is 7.48. The van der Waals surface area contributed by atoms with Gasteiger partial charge >= 0.3 is 6.61 Å². The Kier molecular flexibility index (Phi) is 8.99. The van der Waals surface area contributed by atoms with E-state index in [1.807, 2.05) is 19.1 Å². The summed E-state index contributed by atoms with van der Waals surface area (Å²) in [5.41, 5.74) is 0.781. The summed E-state index contributed by atoms with van der Waals surface area (Å²) in [6.45, 7) is 2.31. The first-order chi connectivity index (χ1) is 10.1. The molecule has 0 bridgehead atoms. The van der Waals surface area contributed by atoms with Gasteiger partial charge in [0.15, 0.2) is 0 Å². The van der Waals surface area contributed by atoms with Gasteiger partial charge in [-0.05, 0) is 26.0 Å². The van der Waals surface area contributed by atoms with Crippen LogP contribution in [0.5, 0.6) is 5.75 Å². The van der Waals surface area contributed by atoms with Crippen LogP contribution in [-0.2, 0) is 0 Å². The van der Waals surface area contributed by atoms with E-state index in [0.717, 1.165) is 18.5 Å². The molecular formula is C17H27F2NO. The van der Waals surface area contributed by atoms with Crippen LogP contribution in [0, 0.1) is 0 Å². The summed E-state index contributed by atoms with van der Waals surface area (Å²) in [5, 5.41) is 3.38. The van der Waals surface area contributed by atoms with Crippen molar-refractivity contribution in [2.24, 2.45) is 0 Å². The standard InChI is InChI=1S/C17H27F2NO/c1-3-4-5-6-7-10-13-20-14(2)15-11-8-9-12-16(15)21-17(18)19/h8-9,11-12,14,17,20H,3-7,10,13H2,1-2H3. The normalized spacial score (nSPS) is 12.6. The zero-order chi connectivity index (χ0) is 15.5. The Hall–Kier alpha value is -1.16. The third kappa shape index (κ3) is 7.42. The quantitative estimate of drug-likeness (QED) is 0.560. The molecule has 0 spiro atoms. The number of unbranched alkanes of at least 4 members (excludes halogenated alkanes) is 5. The highest BCUT2D eigenvalue weighted by Crippen LogP contribution is 2.26. The van der Waals surface area contributed by atoms with Gasteiger partial charge in [0.2, 0.25) is 0 Å². The summed E-state index contributed by atoms with van der Waals surface area (Å²) in [4.78, 5) is 0. The van der Waals surface area contributed by atoms with Crippen LogP contribution in [-0.4, -0.2) is 13.2 Å². The molecule has 0 aromatic heterocycles. The highest BCUT2D eigenvalue weighted by atomic mass is 19.3. The van der Waals surface area contributed by atoms with E-state index in [9.17, 15) is 8.78 Å². The van der Waals surface area contributed by atoms with Gasteiger partial charge in [-0.1, -0.05) is 57.2 Å². The van der Waals surface area contributed by atoms with Gasteiger partial charge in [0.25, 0.3) is 0 Å². The maximum atomic E-state index is 12.4. The molecule has 120 valence electrons. The number of halogens is 2. The van der Waals surface area contributed by atoms with Gasteiger partial charge in [0.1, 0.15) is 5.75 Å². The van der Waals surface area contributed by atoms with Crippen molar-refractivity contribution < 1.29 is 13.5 Å². The molecule has 1 aromatic carbocycles. The van der Waals surface area contributed by atoms with E-state index in [2.05, 4.69) is 17.0 Å². The number of hydrogen-bond acceptors (Lipinski definition) is 2. The smallest absolute Gasteiger partial charge is 0.387 e. The lowest BCUT2D eigenvalue weighted by Crippen LogP contribution is -2.21. The van der Waals surface area contributed by atoms with Crippen molar-refractivity contribution in [3.8, 4) is 5.75 Å². The van der Waals surface area contributed by atoms with Gasteiger partial charge in [-0.15, -0.1) is 0 Å². The highest BCUT2D eigenvalue weighted by molar-refractivity contribution is 5.35. The fourth-order valence-electron chi connectivity index (χ4n) is 2.38. The van der Waals surface area contributed by atoms with Gasteiger partial charge < -0.3 is 10.1 Å². The molecular weight excluding hydrogens is 272 g/mol. The highest BCUT2D eigenvalue weighted by Gasteiger charge is 2.13. The van der Waals surface area contributed by atoms with Gasteiger partial charge in [-0.3, -0.25) is 0 Å². The van der Waals surface area contributed by atoms with Crippen molar-refractivity contribution in [1.29, 1.82) is 0 Å². The lowest BCUT2D eigenvalue weighted by Gasteiger charge is -2.18. The second-order valence-corrected chi connectivity index (χ2v) is 5.36. The van der Waals surface area contributed by atoms with Crippen LogP contribution in [0.25, 0.3) is 0 Å². The maximum absolute atomic E-state index is 12.4. The molecule has 0 aliphatic heterocycles. The van der Waals surface area contributed by atoms with Crippen molar-refractivity contribution in [3.63, 3.8) is 0 Å². The number of ether oxygens (including phenoxy) is 1. The van der Waals surface area contributed by atoms with Gasteiger partial charge in [-0.25, -0.2) is 0 Å². The molecule has 0 heterocycles. The average molecular weight is 299 g/mol. The number of rotatable bonds is 11. The molecule has 1 rings (SSSR count). The Balaban J connectivity index is 2.33. The largest absolute Gasteiger partial charge is 0.434 e. The minimum absolute atomic E-state index is 0.00981. The van der Waals surface area contributed by atoms with E-state index in [0.29, 0.717) is 0 Å². The molecule has 0 fully saturated rings. The van der Waals surface area contributed by atoms with Crippen LogP contribution in [0.1, 0.15) is 64.0 Å². The number of para-hydroxylation sites is 1. The van der Waals surface area contributed by atoms with Crippen molar-refractivity contribution >= 4 is 0 Å². The van der Waals surface area contributed by atoms with Crippen LogP contribution >= 0.6 is 0 Å². The summed E-state index contributed by atoms with van der Waals surface area (Å²) < 4.78 is 29.3. The first kappa shape index (κ1) is 17.9. The van der Waals surface area contributed by atoms with E-state index < -0.39 is 6.61 Å². The summed E-state index contributed by atoms with van der Waals surface area (Å²) in [6, 6.07) is 6.98. The van der Waals surface area contributed by atoms with Gasteiger partial charge in [0, 0.05) is 11.6 Å². The SMILES string of the molecule is CCCCCCCCNC(C)c1ccccc1OC(F)F. The molecule has 0 radical (unpaired) electrons. The molecule has 0 saturated heterocycles. The summed E-state index contributed by atoms with van der Waals surface area (Å²) in [5.74, 6) is 0.260. The van der Waals surface area contributed by atoms with Crippen molar-refractivity contribution in [2.75, 3.05) is 6.54 Å². The fraction of sp³-hybridized carbons (Fsp3) is 0.647. The molecule has 2 nitrogen and oxygen atoms in total. The van der Waals surface area contributed by atoms with E-state index >= 15 is 0 Å². The topological polar surface area (TPSA) is 21.3 Å². The monoisotopic (exact) mass is 299 g/mol. The van der Waals surface area contributed by atoms with Crippen LogP contribution < -0.4 is 10.1 Å². The van der Waals surface area contributed by atoms with Gasteiger partial charge in [-0.2, -0.15) is 8.78 Å². The minimum Gasteiger partial charge on any atom is -0.434 e. The number of alkyl halides is 2. The Morgan fingerprint density at radius 2 is 1.71 bits per heavy atom. The molecule has 1 N–H and O–H groups in total. The van der Waals surface area contributed by atoms with E-state index in [1.54, 1.807) is 12.1 Å². The van der Waals surface area contributed by atoms with Gasteiger partial charge in [0.05, 0.1) is 0 Å². The number of benzene rings is 1. The third-order valence-electron chi connectivity index (χ3n) is 3.58. The molecule has 1 atom stereocenters. The fourth-order valence-corrected chi connectivity index (χ4v) is 2.38. The predicted octanol–water partition coefficient (Wildman–Crippen LogP) is 5.30. The third-order valence-corrected chi connectivity index (χ3v) is 3.58. The molecule has 1 aromatic rings. The maximum Gasteiger partial charge on any atom is 0.387 e. The van der Waals surface area contributed by atoms with Crippen LogP contribution in [0.2, 0.25) is 0 Å². The van der Waals surface area contributed by atoms with Crippen LogP contribution in [0.3, 0.4) is 0 Å². The van der Waals surface area contributed by atoms with Crippen molar-refractivity contribution in [2.45, 2.75) is 65.0 Å². The van der Waals surface area contributed by atoms with E-state index in [-0.39, 0.29) is 11.8 Å². The van der Waals surface area contributed by atoms with Crippen molar-refractivity contribution in [1.82, 2.24) is 5.32 Å². The Labute approximate surface area is 126 Å². The number of nitrogens with one attached hydrogen (secondary N) is 1. The molecule has 0 aliphatic carbocycles. The molecule has 4 heteroatoms. The van der Waals surface area contributed by atoms with E-state index in [1.165, 1.54) is 32.1 Å². The first-order valence-electron chi connectivity index (χ1n) is 7.92. The second-order valence-electron chi connectivity index (χ2n) is 5.36. The lowest BCUT2D eigenvalue weighted by molar-refractivity contribution is -0.0506. The zero-order valence-electron chi connectivity index (χ0n) is 13.1. The Morgan fingerprint density at radius 3 is 2.43 bits per heavy atom. The zero-order valence-corrected chi connectivity index (χ0v) is 13.1. The average Bonchev–Trinajstić information content (AvgIpc) is 2.46. The summed E-state index contributed by atoms with van der Waals surface area (Å²) >= 11 is 0. The van der Waals surface area contributed by atoms with Crippen molar-refractivity contribution in [3.05, 3.63) is 29.8 Å². The predicted molar refractivity (Wildman–Crippen MR) is 82.9 cm³/mol. The van der Waals surface area contributed by atoms with E-state index in [4.69, 9.17) is 0 Å². The Morgan fingerprint density at radius 1 is 1.05 bits per heavy atom. The lowest BCUT2D eigenvalue weighted by atomic mass is 10.1.